The van der Waals surface area contributed by atoms with Crippen molar-refractivity contribution in [2.45, 2.75) is 13.3 Å². The van der Waals surface area contributed by atoms with Crippen molar-refractivity contribution in [3.63, 3.8) is 0 Å². The summed E-state index contributed by atoms with van der Waals surface area (Å²) in [5.74, 6) is -0.581. The maximum Gasteiger partial charge on any atom is 0.334 e. The van der Waals surface area contributed by atoms with E-state index in [4.69, 9.17) is 4.74 Å². The Balaban J connectivity index is 2.22. The molecule has 0 saturated carbocycles. The zero-order valence-electron chi connectivity index (χ0n) is 11.7. The summed E-state index contributed by atoms with van der Waals surface area (Å²) in [7, 11) is 0. The third-order valence-corrected chi connectivity index (χ3v) is 3.66. The molecule has 0 bridgehead atoms. The SMILES string of the molecule is Cc1ccc(/C(=C2/CCOC2=O)c2ccccc2)cc1F. The molecule has 1 aliphatic rings. The van der Waals surface area contributed by atoms with Crippen molar-refractivity contribution in [1.29, 1.82) is 0 Å². The van der Waals surface area contributed by atoms with E-state index >= 15 is 0 Å². The highest BCUT2D eigenvalue weighted by Crippen LogP contribution is 2.32. The highest BCUT2D eigenvalue weighted by atomic mass is 19.1. The first kappa shape index (κ1) is 13.6. The number of benzene rings is 2. The predicted molar refractivity (Wildman–Crippen MR) is 79.2 cm³/mol. The number of hydrogen-bond acceptors (Lipinski definition) is 2. The monoisotopic (exact) mass is 282 g/mol. The van der Waals surface area contributed by atoms with E-state index in [-0.39, 0.29) is 11.8 Å². The summed E-state index contributed by atoms with van der Waals surface area (Å²) in [4.78, 5) is 11.9. The molecule has 0 radical (unpaired) electrons. The molecule has 3 rings (SSSR count). The van der Waals surface area contributed by atoms with E-state index < -0.39 is 0 Å². The minimum Gasteiger partial charge on any atom is -0.462 e. The van der Waals surface area contributed by atoms with Crippen LogP contribution in [0, 0.1) is 12.7 Å². The molecule has 0 aliphatic carbocycles. The van der Waals surface area contributed by atoms with Gasteiger partial charge in [-0.25, -0.2) is 9.18 Å². The molecular formula is C18H15FO2. The van der Waals surface area contributed by atoms with E-state index in [0.29, 0.717) is 29.7 Å². The molecule has 2 aromatic rings. The summed E-state index contributed by atoms with van der Waals surface area (Å²) < 4.78 is 19.0. The Bertz CT molecular complexity index is 717. The number of esters is 1. The van der Waals surface area contributed by atoms with Gasteiger partial charge < -0.3 is 4.74 Å². The normalized spacial score (nSPS) is 16.8. The van der Waals surface area contributed by atoms with Crippen LogP contribution in [0.2, 0.25) is 0 Å². The number of carbonyl (C=O) groups excluding carboxylic acids is 1. The molecule has 0 aromatic heterocycles. The lowest BCUT2D eigenvalue weighted by Gasteiger charge is -2.11. The van der Waals surface area contributed by atoms with Crippen LogP contribution >= 0.6 is 0 Å². The van der Waals surface area contributed by atoms with Gasteiger partial charge in [0.1, 0.15) is 5.82 Å². The van der Waals surface area contributed by atoms with Crippen molar-refractivity contribution in [3.05, 3.63) is 76.6 Å². The maximum absolute atomic E-state index is 13.9. The molecular weight excluding hydrogens is 267 g/mol. The number of cyclic esters (lactones) is 1. The second-order valence-corrected chi connectivity index (χ2v) is 5.07. The second kappa shape index (κ2) is 5.52. The zero-order chi connectivity index (χ0) is 14.8. The predicted octanol–water partition coefficient (Wildman–Crippen LogP) is 3.88. The average molecular weight is 282 g/mol. The lowest BCUT2D eigenvalue weighted by Crippen LogP contribution is -2.01. The standard InChI is InChI=1S/C18H15FO2/c1-12-7-8-14(11-16(12)19)17(13-5-3-2-4-6-13)15-9-10-21-18(15)20/h2-8,11H,9-10H2,1H3/b17-15-. The van der Waals surface area contributed by atoms with Gasteiger partial charge in [-0.3, -0.25) is 0 Å². The third-order valence-electron chi connectivity index (χ3n) is 3.66. The van der Waals surface area contributed by atoms with E-state index in [9.17, 15) is 9.18 Å². The van der Waals surface area contributed by atoms with Crippen LogP contribution in [0.3, 0.4) is 0 Å². The molecule has 1 aliphatic heterocycles. The fraction of sp³-hybridized carbons (Fsp3) is 0.167. The lowest BCUT2D eigenvalue weighted by molar-refractivity contribution is -0.135. The van der Waals surface area contributed by atoms with Crippen molar-refractivity contribution in [3.8, 4) is 0 Å². The molecule has 1 heterocycles. The molecule has 106 valence electrons. The van der Waals surface area contributed by atoms with E-state index in [1.165, 1.54) is 6.07 Å². The Hall–Kier alpha value is -2.42. The molecule has 1 fully saturated rings. The number of halogens is 1. The van der Waals surface area contributed by atoms with Crippen molar-refractivity contribution < 1.29 is 13.9 Å². The van der Waals surface area contributed by atoms with Crippen LogP contribution in [-0.2, 0) is 9.53 Å². The summed E-state index contributed by atoms with van der Waals surface area (Å²) in [6, 6.07) is 14.6. The Kier molecular flexibility index (Phi) is 3.57. The summed E-state index contributed by atoms with van der Waals surface area (Å²) in [5, 5.41) is 0. The van der Waals surface area contributed by atoms with E-state index in [1.54, 1.807) is 13.0 Å². The van der Waals surface area contributed by atoms with Gasteiger partial charge in [0.25, 0.3) is 0 Å². The molecule has 3 heteroatoms. The first-order valence-corrected chi connectivity index (χ1v) is 6.89. The van der Waals surface area contributed by atoms with Gasteiger partial charge in [-0.1, -0.05) is 42.5 Å². The molecule has 0 unspecified atom stereocenters. The summed E-state index contributed by atoms with van der Waals surface area (Å²) in [6.45, 7) is 2.11. The van der Waals surface area contributed by atoms with Crippen LogP contribution in [0.15, 0.2) is 54.1 Å². The van der Waals surface area contributed by atoms with Crippen LogP contribution in [-0.4, -0.2) is 12.6 Å². The van der Waals surface area contributed by atoms with Crippen LogP contribution < -0.4 is 0 Å². The van der Waals surface area contributed by atoms with Gasteiger partial charge in [-0.05, 0) is 35.3 Å². The smallest absolute Gasteiger partial charge is 0.334 e. The van der Waals surface area contributed by atoms with Crippen LogP contribution in [0.1, 0.15) is 23.1 Å². The Labute approximate surface area is 122 Å². The lowest BCUT2D eigenvalue weighted by atomic mass is 9.91. The molecule has 0 N–H and O–H groups in total. The summed E-state index contributed by atoms with van der Waals surface area (Å²) >= 11 is 0. The second-order valence-electron chi connectivity index (χ2n) is 5.07. The van der Waals surface area contributed by atoms with E-state index in [0.717, 1.165) is 11.1 Å². The van der Waals surface area contributed by atoms with Gasteiger partial charge in [0, 0.05) is 12.0 Å². The highest BCUT2D eigenvalue weighted by Gasteiger charge is 2.25. The third kappa shape index (κ3) is 2.59. The molecule has 0 atom stereocenters. The van der Waals surface area contributed by atoms with Gasteiger partial charge >= 0.3 is 5.97 Å². The van der Waals surface area contributed by atoms with Crippen LogP contribution in [0.5, 0.6) is 0 Å². The molecule has 0 spiro atoms. The van der Waals surface area contributed by atoms with Crippen molar-refractivity contribution in [1.82, 2.24) is 0 Å². The van der Waals surface area contributed by atoms with Crippen molar-refractivity contribution in [2.24, 2.45) is 0 Å². The Morgan fingerprint density at radius 3 is 2.48 bits per heavy atom. The summed E-state index contributed by atoms with van der Waals surface area (Å²) in [5.41, 5.74) is 3.57. The molecule has 2 nitrogen and oxygen atoms in total. The number of hydrogen-bond donors (Lipinski definition) is 0. The van der Waals surface area contributed by atoms with Crippen molar-refractivity contribution >= 4 is 11.5 Å². The topological polar surface area (TPSA) is 26.3 Å². The van der Waals surface area contributed by atoms with E-state index in [1.807, 2.05) is 36.4 Å². The molecule has 21 heavy (non-hydrogen) atoms. The van der Waals surface area contributed by atoms with Gasteiger partial charge in [0.2, 0.25) is 0 Å². The van der Waals surface area contributed by atoms with Crippen LogP contribution in [0.25, 0.3) is 5.57 Å². The zero-order valence-corrected chi connectivity index (χ0v) is 11.7. The minimum atomic E-state index is -0.310. The maximum atomic E-state index is 13.9. The number of aryl methyl sites for hydroxylation is 1. The number of rotatable bonds is 2. The highest BCUT2D eigenvalue weighted by molar-refractivity contribution is 6.03. The van der Waals surface area contributed by atoms with E-state index in [2.05, 4.69) is 0 Å². The Morgan fingerprint density at radius 2 is 1.86 bits per heavy atom. The number of carbonyl (C=O) groups is 1. The van der Waals surface area contributed by atoms with Gasteiger partial charge in [0.05, 0.1) is 6.61 Å². The minimum absolute atomic E-state index is 0.270. The Morgan fingerprint density at radius 1 is 1.10 bits per heavy atom. The summed E-state index contributed by atoms with van der Waals surface area (Å²) in [6.07, 6.45) is 0.554. The first-order chi connectivity index (χ1) is 10.2. The molecule has 0 amide bonds. The number of ether oxygens (including phenoxy) is 1. The molecule has 1 saturated heterocycles. The van der Waals surface area contributed by atoms with Gasteiger partial charge in [-0.2, -0.15) is 0 Å². The largest absolute Gasteiger partial charge is 0.462 e. The van der Waals surface area contributed by atoms with Gasteiger partial charge in [0.15, 0.2) is 0 Å². The fourth-order valence-corrected chi connectivity index (χ4v) is 2.53. The molecule has 2 aromatic carbocycles. The first-order valence-electron chi connectivity index (χ1n) is 6.89. The average Bonchev–Trinajstić information content (AvgIpc) is 2.90. The quantitative estimate of drug-likeness (QED) is 0.617. The van der Waals surface area contributed by atoms with Gasteiger partial charge in [-0.15, -0.1) is 0 Å². The van der Waals surface area contributed by atoms with Crippen molar-refractivity contribution in [2.75, 3.05) is 6.61 Å². The van der Waals surface area contributed by atoms with Crippen LogP contribution in [0.4, 0.5) is 4.39 Å². The fourth-order valence-electron chi connectivity index (χ4n) is 2.53.